The number of amides is 2. The van der Waals surface area contributed by atoms with Crippen molar-refractivity contribution in [1.29, 1.82) is 0 Å². The van der Waals surface area contributed by atoms with Crippen molar-refractivity contribution >= 4 is 44.8 Å². The Balaban J connectivity index is 1.56. The molecule has 0 aliphatic carbocycles. The van der Waals surface area contributed by atoms with Gasteiger partial charge in [-0.1, -0.05) is 24.3 Å². The molecule has 2 saturated heterocycles. The van der Waals surface area contributed by atoms with E-state index in [0.717, 1.165) is 10.5 Å². The van der Waals surface area contributed by atoms with E-state index in [0.29, 0.717) is 15.9 Å². The zero-order chi connectivity index (χ0) is 24.0. The van der Waals surface area contributed by atoms with Crippen LogP contribution in [0.15, 0.2) is 77.3 Å². The monoisotopic (exact) mass is 523 g/mol. The second-order valence-electron chi connectivity index (χ2n) is 7.84. The minimum atomic E-state index is -1.03. The van der Waals surface area contributed by atoms with Gasteiger partial charge in [0.2, 0.25) is 5.91 Å². The van der Waals surface area contributed by atoms with Crippen molar-refractivity contribution in [3.05, 3.63) is 92.9 Å². The van der Waals surface area contributed by atoms with E-state index in [9.17, 15) is 19.7 Å². The summed E-state index contributed by atoms with van der Waals surface area (Å²) in [4.78, 5) is 44.5. The zero-order valence-corrected chi connectivity index (χ0v) is 19.4. The molecule has 2 amide bonds. The molecule has 0 N–H and O–H groups in total. The van der Waals surface area contributed by atoms with Crippen LogP contribution < -0.4 is 14.7 Å². The topological polar surface area (TPSA) is 102 Å². The molecule has 0 radical (unpaired) electrons. The van der Waals surface area contributed by atoms with Crippen LogP contribution >= 0.6 is 15.9 Å². The molecule has 9 nitrogen and oxygen atoms in total. The van der Waals surface area contributed by atoms with Gasteiger partial charge in [0, 0.05) is 12.1 Å². The minimum absolute atomic E-state index is 0.129. The van der Waals surface area contributed by atoms with Gasteiger partial charge in [-0.05, 0) is 57.9 Å². The molecule has 5 rings (SSSR count). The molecule has 3 atom stereocenters. The first kappa shape index (κ1) is 22.1. The fraction of sp³-hybridized carbons (Fsp3) is 0.167. The summed E-state index contributed by atoms with van der Waals surface area (Å²) >= 11 is 3.50. The van der Waals surface area contributed by atoms with Gasteiger partial charge in [-0.2, -0.15) is 0 Å². The largest absolute Gasteiger partial charge is 0.496 e. The Hall–Kier alpha value is -3.76. The average Bonchev–Trinajstić information content (AvgIpc) is 3.35. The molecule has 3 aromatic carbocycles. The Bertz CT molecular complexity index is 1280. The molecule has 0 spiro atoms. The van der Waals surface area contributed by atoms with Crippen molar-refractivity contribution in [3.63, 3.8) is 0 Å². The highest BCUT2D eigenvalue weighted by molar-refractivity contribution is 9.10. The summed E-state index contributed by atoms with van der Waals surface area (Å²) < 4.78 is 6.03. The van der Waals surface area contributed by atoms with Crippen LogP contribution in [-0.4, -0.2) is 30.0 Å². The number of hydroxylamine groups is 1. The maximum atomic E-state index is 13.6. The van der Waals surface area contributed by atoms with Crippen molar-refractivity contribution in [2.45, 2.75) is 12.1 Å². The van der Waals surface area contributed by atoms with Crippen LogP contribution in [0.25, 0.3) is 0 Å². The number of fused-ring (bicyclic) bond motifs is 1. The molecule has 0 saturated carbocycles. The average molecular weight is 524 g/mol. The highest BCUT2D eigenvalue weighted by atomic mass is 79.9. The van der Waals surface area contributed by atoms with Gasteiger partial charge in [0.1, 0.15) is 11.7 Å². The van der Waals surface area contributed by atoms with Crippen molar-refractivity contribution in [3.8, 4) is 5.75 Å². The van der Waals surface area contributed by atoms with Gasteiger partial charge < -0.3 is 4.74 Å². The number of para-hydroxylation sites is 1. The molecule has 2 heterocycles. The van der Waals surface area contributed by atoms with Gasteiger partial charge in [0.15, 0.2) is 6.10 Å². The molecule has 3 aromatic rings. The standard InChI is InChI=1S/C24H18BrN3O6/c1-33-19-12-7-14(13-18(19)25)21-20-22(34-27(21)16-5-3-2-4-6-16)24(30)26(23(20)29)15-8-10-17(11-9-15)28(31)32/h2-13,20-22H,1H3/t20-,21+,22+/m0/s1. The molecule has 10 heteroatoms. The van der Waals surface area contributed by atoms with Crippen LogP contribution in [-0.2, 0) is 14.4 Å². The quantitative estimate of drug-likeness (QED) is 0.277. The van der Waals surface area contributed by atoms with E-state index in [-0.39, 0.29) is 11.4 Å². The minimum Gasteiger partial charge on any atom is -0.496 e. The number of imide groups is 1. The summed E-state index contributed by atoms with van der Waals surface area (Å²) in [5.41, 5.74) is 1.60. The number of non-ortho nitro benzene ring substituents is 1. The van der Waals surface area contributed by atoms with E-state index < -0.39 is 34.8 Å². The number of nitro benzene ring substituents is 1. The molecule has 172 valence electrons. The number of hydrogen-bond acceptors (Lipinski definition) is 7. The Labute approximate surface area is 202 Å². The Morgan fingerprint density at radius 2 is 1.68 bits per heavy atom. The maximum absolute atomic E-state index is 13.6. The van der Waals surface area contributed by atoms with E-state index in [1.807, 2.05) is 42.5 Å². The summed E-state index contributed by atoms with van der Waals surface area (Å²) in [5.74, 6) is -1.13. The van der Waals surface area contributed by atoms with Gasteiger partial charge in [0.05, 0.1) is 33.9 Å². The predicted octanol–water partition coefficient (Wildman–Crippen LogP) is 4.42. The third-order valence-electron chi connectivity index (χ3n) is 5.96. The second kappa shape index (κ2) is 8.54. The maximum Gasteiger partial charge on any atom is 0.269 e. The molecule has 2 aliphatic rings. The smallest absolute Gasteiger partial charge is 0.269 e. The van der Waals surface area contributed by atoms with Crippen molar-refractivity contribution in [2.75, 3.05) is 17.1 Å². The lowest BCUT2D eigenvalue weighted by Gasteiger charge is -2.29. The van der Waals surface area contributed by atoms with Crippen molar-refractivity contribution in [1.82, 2.24) is 0 Å². The second-order valence-corrected chi connectivity index (χ2v) is 8.69. The van der Waals surface area contributed by atoms with E-state index in [1.165, 1.54) is 24.3 Å². The van der Waals surface area contributed by atoms with E-state index in [2.05, 4.69) is 15.9 Å². The normalized spacial score (nSPS) is 21.6. The number of halogens is 1. The van der Waals surface area contributed by atoms with Crippen LogP contribution in [0.2, 0.25) is 0 Å². The highest BCUT2D eigenvalue weighted by Crippen LogP contribution is 2.48. The molecule has 0 unspecified atom stereocenters. The molecule has 0 aromatic heterocycles. The van der Waals surface area contributed by atoms with E-state index in [1.54, 1.807) is 18.2 Å². The van der Waals surface area contributed by atoms with E-state index in [4.69, 9.17) is 9.57 Å². The van der Waals surface area contributed by atoms with Crippen molar-refractivity contribution in [2.24, 2.45) is 5.92 Å². The summed E-state index contributed by atoms with van der Waals surface area (Å²) in [6.07, 6.45) is -1.03. The first-order chi connectivity index (χ1) is 16.4. The Kier molecular flexibility index (Phi) is 5.54. The Morgan fingerprint density at radius 1 is 0.971 bits per heavy atom. The van der Waals surface area contributed by atoms with Gasteiger partial charge in [-0.3, -0.25) is 24.5 Å². The lowest BCUT2D eigenvalue weighted by Crippen LogP contribution is -2.37. The van der Waals surface area contributed by atoms with E-state index >= 15 is 0 Å². The third kappa shape index (κ3) is 3.51. The molecule has 2 aliphatic heterocycles. The van der Waals surface area contributed by atoms with Crippen LogP contribution in [0.5, 0.6) is 5.75 Å². The number of methoxy groups -OCH3 is 1. The van der Waals surface area contributed by atoms with Crippen LogP contribution in [0.1, 0.15) is 11.6 Å². The highest BCUT2D eigenvalue weighted by Gasteiger charge is 2.60. The number of carbonyl (C=O) groups is 2. The van der Waals surface area contributed by atoms with Crippen molar-refractivity contribution < 1.29 is 24.1 Å². The number of carbonyl (C=O) groups excluding carboxylic acids is 2. The number of hydrogen-bond donors (Lipinski definition) is 0. The SMILES string of the molecule is COc1ccc([C@@H]2[C@@H]3C(=O)N(c4ccc([N+](=O)[O-])cc4)C(=O)[C@@H]3ON2c2ccccc2)cc1Br. The van der Waals surface area contributed by atoms with Gasteiger partial charge in [0.25, 0.3) is 11.6 Å². The first-order valence-corrected chi connectivity index (χ1v) is 11.2. The number of rotatable bonds is 5. The van der Waals surface area contributed by atoms with Crippen LogP contribution in [0.3, 0.4) is 0 Å². The Morgan fingerprint density at radius 3 is 2.29 bits per heavy atom. The number of benzene rings is 3. The van der Waals surface area contributed by atoms with Gasteiger partial charge in [-0.25, -0.2) is 9.96 Å². The lowest BCUT2D eigenvalue weighted by molar-refractivity contribution is -0.384. The number of anilines is 2. The van der Waals surface area contributed by atoms with Gasteiger partial charge >= 0.3 is 0 Å². The third-order valence-corrected chi connectivity index (χ3v) is 6.58. The number of nitro groups is 1. The van der Waals surface area contributed by atoms with Crippen LogP contribution in [0, 0.1) is 16.0 Å². The summed E-state index contributed by atoms with van der Waals surface area (Å²) in [5, 5.41) is 12.6. The summed E-state index contributed by atoms with van der Waals surface area (Å²) in [7, 11) is 1.56. The molecular formula is C24H18BrN3O6. The zero-order valence-electron chi connectivity index (χ0n) is 17.8. The molecule has 2 fully saturated rings. The number of nitrogens with zero attached hydrogens (tertiary/aromatic N) is 3. The predicted molar refractivity (Wildman–Crippen MR) is 126 cm³/mol. The fourth-order valence-corrected chi connectivity index (χ4v) is 4.96. The fourth-order valence-electron chi connectivity index (χ4n) is 4.40. The van der Waals surface area contributed by atoms with Crippen LogP contribution in [0.4, 0.5) is 17.1 Å². The van der Waals surface area contributed by atoms with Gasteiger partial charge in [-0.15, -0.1) is 0 Å². The molecular weight excluding hydrogens is 506 g/mol. The molecule has 34 heavy (non-hydrogen) atoms. The summed E-state index contributed by atoms with van der Waals surface area (Å²) in [6.45, 7) is 0. The number of ether oxygens (including phenoxy) is 1. The molecule has 0 bridgehead atoms. The lowest BCUT2D eigenvalue weighted by atomic mass is 9.90. The summed E-state index contributed by atoms with van der Waals surface area (Å²) in [6, 6.07) is 19.4. The first-order valence-electron chi connectivity index (χ1n) is 10.4.